The van der Waals surface area contributed by atoms with Crippen molar-refractivity contribution in [3.63, 3.8) is 0 Å². The van der Waals surface area contributed by atoms with E-state index in [-0.39, 0.29) is 11.9 Å². The molecular weight excluding hydrogens is 282 g/mol. The van der Waals surface area contributed by atoms with Crippen LogP contribution in [0, 0.1) is 5.92 Å². The molecule has 5 heteroatoms. The van der Waals surface area contributed by atoms with Crippen LogP contribution in [0.3, 0.4) is 0 Å². The van der Waals surface area contributed by atoms with Gasteiger partial charge in [-0.25, -0.2) is 0 Å². The Morgan fingerprint density at radius 1 is 1.43 bits per heavy atom. The molecule has 0 bridgehead atoms. The maximum atomic E-state index is 12.4. The highest BCUT2D eigenvalue weighted by molar-refractivity contribution is 7.80. The number of nitrogens with two attached hydrogens (primary N) is 1. The van der Waals surface area contributed by atoms with Crippen LogP contribution in [-0.2, 0) is 4.79 Å². The quantitative estimate of drug-likeness (QED) is 0.792. The van der Waals surface area contributed by atoms with Crippen molar-refractivity contribution in [1.29, 1.82) is 0 Å². The molecule has 0 saturated heterocycles. The molecule has 1 aliphatic carbocycles. The Labute approximate surface area is 131 Å². The number of nitrogens with one attached hydrogen (secondary N) is 1. The molecule has 1 amide bonds. The van der Waals surface area contributed by atoms with Crippen LogP contribution >= 0.6 is 12.2 Å². The van der Waals surface area contributed by atoms with Gasteiger partial charge in [-0.05, 0) is 51.8 Å². The molecule has 0 aromatic heterocycles. The molecule has 0 radical (unpaired) electrons. The third-order valence-electron chi connectivity index (χ3n) is 4.35. The average Bonchev–Trinajstić information content (AvgIpc) is 3.29. The number of rotatable bonds is 6. The number of thiocarbonyl (C=S) groups is 1. The summed E-state index contributed by atoms with van der Waals surface area (Å²) in [6.07, 6.45) is 2.55. The number of amides is 1. The highest BCUT2D eigenvalue weighted by Crippen LogP contribution is 2.35. The summed E-state index contributed by atoms with van der Waals surface area (Å²) in [5.41, 5.74) is 7.10. The Morgan fingerprint density at radius 3 is 2.67 bits per heavy atom. The Bertz CT molecular complexity index is 542. The molecular formula is C16H23N3OS. The van der Waals surface area contributed by atoms with E-state index in [2.05, 4.69) is 17.1 Å². The molecule has 21 heavy (non-hydrogen) atoms. The van der Waals surface area contributed by atoms with Gasteiger partial charge in [0.1, 0.15) is 4.99 Å². The first-order chi connectivity index (χ1) is 9.90. The number of benzene rings is 1. The van der Waals surface area contributed by atoms with Gasteiger partial charge in [0.25, 0.3) is 0 Å². The zero-order valence-corrected chi connectivity index (χ0v) is 13.6. The number of carbonyl (C=O) groups is 1. The fourth-order valence-corrected chi connectivity index (χ4v) is 2.57. The number of carbonyl (C=O) groups excluding carboxylic acids is 1. The van der Waals surface area contributed by atoms with Gasteiger partial charge in [-0.15, -0.1) is 0 Å². The molecule has 1 aromatic carbocycles. The smallest absolute Gasteiger partial charge is 0.241 e. The minimum absolute atomic E-state index is 0.00918. The maximum absolute atomic E-state index is 12.4. The fraction of sp³-hybridized carbons (Fsp3) is 0.500. The van der Waals surface area contributed by atoms with Crippen LogP contribution in [0.1, 0.15) is 32.3 Å². The number of hydrogen-bond acceptors (Lipinski definition) is 3. The predicted molar refractivity (Wildman–Crippen MR) is 90.4 cm³/mol. The summed E-state index contributed by atoms with van der Waals surface area (Å²) in [5.74, 6) is 0.730. The Hall–Kier alpha value is -1.46. The maximum Gasteiger partial charge on any atom is 0.241 e. The van der Waals surface area contributed by atoms with Crippen molar-refractivity contribution < 1.29 is 4.79 Å². The van der Waals surface area contributed by atoms with E-state index < -0.39 is 0 Å². The van der Waals surface area contributed by atoms with Gasteiger partial charge in [0.05, 0.1) is 6.04 Å². The van der Waals surface area contributed by atoms with E-state index in [1.165, 1.54) is 12.8 Å². The van der Waals surface area contributed by atoms with Crippen LogP contribution < -0.4 is 11.1 Å². The van der Waals surface area contributed by atoms with Gasteiger partial charge < -0.3 is 11.1 Å². The van der Waals surface area contributed by atoms with E-state index in [1.807, 2.05) is 32.2 Å². The SMILES string of the molecule is CC(C(=O)Nc1cccc(C(N)=S)c1)N(C)C(C)C1CC1. The van der Waals surface area contributed by atoms with Gasteiger partial charge in [0, 0.05) is 17.3 Å². The van der Waals surface area contributed by atoms with E-state index in [0.717, 1.165) is 17.2 Å². The van der Waals surface area contributed by atoms with E-state index in [9.17, 15) is 4.79 Å². The minimum atomic E-state index is -0.172. The van der Waals surface area contributed by atoms with Crippen LogP contribution in [0.15, 0.2) is 24.3 Å². The Balaban J connectivity index is 1.99. The molecule has 3 N–H and O–H groups in total. The van der Waals surface area contributed by atoms with Crippen molar-refractivity contribution in [1.82, 2.24) is 4.90 Å². The number of anilines is 1. The van der Waals surface area contributed by atoms with Gasteiger partial charge in [-0.1, -0.05) is 24.4 Å². The zero-order chi connectivity index (χ0) is 15.6. The summed E-state index contributed by atoms with van der Waals surface area (Å²) in [5, 5.41) is 2.94. The van der Waals surface area contributed by atoms with Crippen molar-refractivity contribution in [3.8, 4) is 0 Å². The second-order valence-corrected chi connectivity index (χ2v) is 6.29. The second-order valence-electron chi connectivity index (χ2n) is 5.85. The first-order valence-corrected chi connectivity index (χ1v) is 7.73. The lowest BCUT2D eigenvalue weighted by Gasteiger charge is -2.30. The second kappa shape index (κ2) is 6.54. The highest BCUT2D eigenvalue weighted by atomic mass is 32.1. The summed E-state index contributed by atoms with van der Waals surface area (Å²) in [7, 11) is 2.01. The molecule has 2 atom stereocenters. The summed E-state index contributed by atoms with van der Waals surface area (Å²) in [4.78, 5) is 14.8. The van der Waals surface area contributed by atoms with Gasteiger partial charge in [0.15, 0.2) is 0 Å². The fourth-order valence-electron chi connectivity index (χ4n) is 2.45. The van der Waals surface area contributed by atoms with Crippen LogP contribution in [0.25, 0.3) is 0 Å². The first kappa shape index (κ1) is 15.9. The topological polar surface area (TPSA) is 58.4 Å². The predicted octanol–water partition coefficient (Wildman–Crippen LogP) is 2.38. The number of likely N-dealkylation sites (N-methyl/N-ethyl adjacent to an activating group) is 1. The summed E-state index contributed by atoms with van der Waals surface area (Å²) in [6.45, 7) is 4.13. The summed E-state index contributed by atoms with van der Waals surface area (Å²) >= 11 is 4.96. The Kier molecular flexibility index (Phi) is 4.96. The van der Waals surface area contributed by atoms with Crippen molar-refractivity contribution >= 4 is 28.8 Å². The first-order valence-electron chi connectivity index (χ1n) is 7.33. The van der Waals surface area contributed by atoms with Gasteiger partial charge in [0.2, 0.25) is 5.91 Å². The molecule has 1 fully saturated rings. The summed E-state index contributed by atoms with van der Waals surface area (Å²) < 4.78 is 0. The molecule has 1 aliphatic rings. The molecule has 0 heterocycles. The molecule has 0 spiro atoms. The van der Waals surface area contributed by atoms with Crippen molar-refractivity contribution in [2.24, 2.45) is 11.7 Å². The third kappa shape index (κ3) is 4.02. The van der Waals surface area contributed by atoms with Crippen LogP contribution in [0.2, 0.25) is 0 Å². The van der Waals surface area contributed by atoms with Crippen molar-refractivity contribution in [2.45, 2.75) is 38.8 Å². The zero-order valence-electron chi connectivity index (χ0n) is 12.8. The Morgan fingerprint density at radius 2 is 2.10 bits per heavy atom. The average molecular weight is 305 g/mol. The lowest BCUT2D eigenvalue weighted by molar-refractivity contribution is -0.121. The van der Waals surface area contributed by atoms with Crippen LogP contribution in [-0.4, -0.2) is 34.9 Å². The standard InChI is InChI=1S/C16H23N3OS/c1-10(12-7-8-12)19(3)11(2)16(20)18-14-6-4-5-13(9-14)15(17)21/h4-6,9-12H,7-8H2,1-3H3,(H2,17,21)(H,18,20). The van der Waals surface area contributed by atoms with Crippen molar-refractivity contribution in [2.75, 3.05) is 12.4 Å². The largest absolute Gasteiger partial charge is 0.389 e. The van der Waals surface area contributed by atoms with E-state index >= 15 is 0 Å². The van der Waals surface area contributed by atoms with Crippen LogP contribution in [0.4, 0.5) is 5.69 Å². The lowest BCUT2D eigenvalue weighted by atomic mass is 10.1. The molecule has 2 unspecified atom stereocenters. The molecule has 0 aliphatic heterocycles. The number of hydrogen-bond donors (Lipinski definition) is 2. The molecule has 1 saturated carbocycles. The monoisotopic (exact) mass is 305 g/mol. The highest BCUT2D eigenvalue weighted by Gasteiger charge is 2.33. The molecule has 114 valence electrons. The normalized spacial score (nSPS) is 17.3. The van der Waals surface area contributed by atoms with Gasteiger partial charge >= 0.3 is 0 Å². The summed E-state index contributed by atoms with van der Waals surface area (Å²) in [6, 6.07) is 7.59. The van der Waals surface area contributed by atoms with E-state index in [0.29, 0.717) is 11.0 Å². The van der Waals surface area contributed by atoms with E-state index in [1.54, 1.807) is 6.07 Å². The molecule has 4 nitrogen and oxygen atoms in total. The minimum Gasteiger partial charge on any atom is -0.389 e. The molecule has 1 aromatic rings. The van der Waals surface area contributed by atoms with Crippen LogP contribution in [0.5, 0.6) is 0 Å². The van der Waals surface area contributed by atoms with E-state index in [4.69, 9.17) is 18.0 Å². The third-order valence-corrected chi connectivity index (χ3v) is 4.59. The molecule has 2 rings (SSSR count). The number of nitrogens with zero attached hydrogens (tertiary/aromatic N) is 1. The van der Waals surface area contributed by atoms with Gasteiger partial charge in [-0.2, -0.15) is 0 Å². The van der Waals surface area contributed by atoms with Crippen molar-refractivity contribution in [3.05, 3.63) is 29.8 Å². The lowest BCUT2D eigenvalue weighted by Crippen LogP contribution is -2.45. The van der Waals surface area contributed by atoms with Gasteiger partial charge in [-0.3, -0.25) is 9.69 Å².